The molecule has 2 aromatic carbocycles. The monoisotopic (exact) mass is 472 g/mol. The number of benzene rings is 2. The van der Waals surface area contributed by atoms with Crippen molar-refractivity contribution < 1.29 is 41.3 Å². The van der Waals surface area contributed by atoms with Crippen LogP contribution in [0.5, 0.6) is 17.2 Å². The SMILES string of the molecule is Cn1c(C(F)(F)F)cc(=O)n(-c2cc(Oc3ccccc3OCC(=O)O)c(F)cc2F)c1=O. The number of rotatable bonds is 6. The van der Waals surface area contributed by atoms with Crippen LogP contribution in [0.15, 0.2) is 52.1 Å². The molecule has 0 aliphatic carbocycles. The molecule has 0 amide bonds. The Labute approximate surface area is 180 Å². The molecule has 1 heterocycles. The van der Waals surface area contributed by atoms with E-state index in [4.69, 9.17) is 14.6 Å². The Kier molecular flexibility index (Phi) is 6.24. The third-order valence-corrected chi connectivity index (χ3v) is 4.27. The zero-order valence-electron chi connectivity index (χ0n) is 16.5. The first-order valence-electron chi connectivity index (χ1n) is 8.91. The van der Waals surface area contributed by atoms with Gasteiger partial charge < -0.3 is 14.6 Å². The molecule has 0 unspecified atom stereocenters. The molecule has 0 spiro atoms. The number of carboxylic acid groups (broad SMARTS) is 1. The van der Waals surface area contributed by atoms with Gasteiger partial charge in [-0.05, 0) is 12.1 Å². The Morgan fingerprint density at radius 1 is 1.00 bits per heavy atom. The molecule has 13 heteroatoms. The van der Waals surface area contributed by atoms with Gasteiger partial charge in [-0.25, -0.2) is 22.9 Å². The Morgan fingerprint density at radius 2 is 1.64 bits per heavy atom. The molecule has 0 aliphatic rings. The molecule has 0 saturated heterocycles. The number of ether oxygens (including phenoxy) is 2. The second-order valence-corrected chi connectivity index (χ2v) is 6.51. The van der Waals surface area contributed by atoms with Crippen LogP contribution in [-0.2, 0) is 18.0 Å². The fourth-order valence-electron chi connectivity index (χ4n) is 2.80. The predicted molar refractivity (Wildman–Crippen MR) is 102 cm³/mol. The molecule has 3 rings (SSSR count). The number of nitrogens with zero attached hydrogens (tertiary/aromatic N) is 2. The highest BCUT2D eigenvalue weighted by Crippen LogP contribution is 2.34. The predicted octanol–water partition coefficient (Wildman–Crippen LogP) is 3.09. The maximum Gasteiger partial charge on any atom is 0.431 e. The van der Waals surface area contributed by atoms with E-state index in [9.17, 15) is 36.3 Å². The minimum atomic E-state index is -5.03. The first-order chi connectivity index (χ1) is 15.4. The zero-order valence-corrected chi connectivity index (χ0v) is 16.5. The van der Waals surface area contributed by atoms with E-state index in [-0.39, 0.29) is 32.8 Å². The van der Waals surface area contributed by atoms with E-state index in [1.165, 1.54) is 24.3 Å². The third kappa shape index (κ3) is 4.86. The number of halogens is 5. The van der Waals surface area contributed by atoms with E-state index in [1.807, 2.05) is 0 Å². The molecular weight excluding hydrogens is 459 g/mol. The molecule has 1 N–H and O–H groups in total. The number of para-hydroxylation sites is 2. The maximum absolute atomic E-state index is 14.5. The van der Waals surface area contributed by atoms with Crippen LogP contribution >= 0.6 is 0 Å². The molecule has 174 valence electrons. The smallest absolute Gasteiger partial charge is 0.431 e. The van der Waals surface area contributed by atoms with Crippen molar-refractivity contribution in [3.05, 3.63) is 80.6 Å². The van der Waals surface area contributed by atoms with Crippen molar-refractivity contribution in [3.8, 4) is 22.9 Å². The number of hydrogen-bond donors (Lipinski definition) is 1. The largest absolute Gasteiger partial charge is 0.479 e. The lowest BCUT2D eigenvalue weighted by molar-refractivity contribution is -0.144. The van der Waals surface area contributed by atoms with Crippen LogP contribution < -0.4 is 20.7 Å². The summed E-state index contributed by atoms with van der Waals surface area (Å²) < 4.78 is 78.4. The number of aliphatic carboxylic acids is 1. The average molecular weight is 472 g/mol. The second kappa shape index (κ2) is 8.76. The highest BCUT2D eigenvalue weighted by Gasteiger charge is 2.35. The van der Waals surface area contributed by atoms with Crippen molar-refractivity contribution in [2.24, 2.45) is 7.05 Å². The van der Waals surface area contributed by atoms with Crippen LogP contribution in [0.25, 0.3) is 5.69 Å². The normalized spacial score (nSPS) is 11.3. The van der Waals surface area contributed by atoms with Crippen molar-refractivity contribution in [2.75, 3.05) is 6.61 Å². The van der Waals surface area contributed by atoms with Crippen LogP contribution in [0.1, 0.15) is 5.69 Å². The van der Waals surface area contributed by atoms with E-state index in [2.05, 4.69) is 0 Å². The second-order valence-electron chi connectivity index (χ2n) is 6.51. The Bertz CT molecular complexity index is 1350. The van der Waals surface area contributed by atoms with Crippen LogP contribution in [0.4, 0.5) is 22.0 Å². The van der Waals surface area contributed by atoms with Crippen molar-refractivity contribution >= 4 is 5.97 Å². The third-order valence-electron chi connectivity index (χ3n) is 4.27. The van der Waals surface area contributed by atoms with E-state index in [0.29, 0.717) is 6.07 Å². The minimum Gasteiger partial charge on any atom is -0.479 e. The molecule has 3 aromatic rings. The Hall–Kier alpha value is -4.16. The Morgan fingerprint density at radius 3 is 2.24 bits per heavy atom. The number of carbonyl (C=O) groups is 1. The number of hydrogen-bond acceptors (Lipinski definition) is 5. The molecule has 0 aliphatic heterocycles. The standard InChI is InChI=1S/C20H13F5N2O6/c1-26-16(20(23,24)25)8-17(28)27(19(26)31)12-7-15(11(22)6-10(12)21)33-14-5-3-2-4-13(14)32-9-18(29)30/h2-8H,9H2,1H3,(H,29,30). The summed E-state index contributed by atoms with van der Waals surface area (Å²) in [6.07, 6.45) is -5.03. The van der Waals surface area contributed by atoms with E-state index in [1.54, 1.807) is 0 Å². The molecule has 0 radical (unpaired) electrons. The van der Waals surface area contributed by atoms with Gasteiger partial charge in [0.2, 0.25) is 0 Å². The van der Waals surface area contributed by atoms with E-state index in [0.717, 1.165) is 7.05 Å². The molecular formula is C20H13F5N2O6. The van der Waals surface area contributed by atoms with Gasteiger partial charge in [0.25, 0.3) is 5.56 Å². The molecule has 33 heavy (non-hydrogen) atoms. The number of carboxylic acids is 1. The Balaban J connectivity index is 2.12. The van der Waals surface area contributed by atoms with Crippen molar-refractivity contribution in [1.82, 2.24) is 9.13 Å². The van der Waals surface area contributed by atoms with Crippen LogP contribution in [-0.4, -0.2) is 26.8 Å². The van der Waals surface area contributed by atoms with Crippen LogP contribution in [0.3, 0.4) is 0 Å². The van der Waals surface area contributed by atoms with Crippen molar-refractivity contribution in [3.63, 3.8) is 0 Å². The van der Waals surface area contributed by atoms with Crippen LogP contribution in [0, 0.1) is 11.6 Å². The van der Waals surface area contributed by atoms with Gasteiger partial charge >= 0.3 is 17.8 Å². The van der Waals surface area contributed by atoms with Gasteiger partial charge in [0.15, 0.2) is 35.5 Å². The summed E-state index contributed by atoms with van der Waals surface area (Å²) in [5.41, 5.74) is -5.46. The molecule has 0 saturated carbocycles. The van der Waals surface area contributed by atoms with Gasteiger partial charge in [-0.15, -0.1) is 0 Å². The first-order valence-corrected chi connectivity index (χ1v) is 8.91. The molecule has 1 aromatic heterocycles. The summed E-state index contributed by atoms with van der Waals surface area (Å²) >= 11 is 0. The topological polar surface area (TPSA) is 99.8 Å². The summed E-state index contributed by atoms with van der Waals surface area (Å²) in [6, 6.07) is 6.44. The van der Waals surface area contributed by atoms with E-state index >= 15 is 0 Å². The van der Waals surface area contributed by atoms with Gasteiger partial charge in [0, 0.05) is 25.2 Å². The molecule has 0 bridgehead atoms. The van der Waals surface area contributed by atoms with E-state index < -0.39 is 58.8 Å². The van der Waals surface area contributed by atoms with Gasteiger partial charge in [-0.1, -0.05) is 12.1 Å². The summed E-state index contributed by atoms with van der Waals surface area (Å²) in [7, 11) is 0.732. The van der Waals surface area contributed by atoms with Gasteiger partial charge in [0.05, 0.1) is 5.69 Å². The first kappa shape index (κ1) is 23.5. The highest BCUT2D eigenvalue weighted by atomic mass is 19.4. The number of alkyl halides is 3. The average Bonchev–Trinajstić information content (AvgIpc) is 2.72. The van der Waals surface area contributed by atoms with Gasteiger partial charge in [-0.3, -0.25) is 9.36 Å². The van der Waals surface area contributed by atoms with Gasteiger partial charge in [-0.2, -0.15) is 13.2 Å². The van der Waals surface area contributed by atoms with Crippen molar-refractivity contribution in [2.45, 2.75) is 6.18 Å². The van der Waals surface area contributed by atoms with Gasteiger partial charge in [0.1, 0.15) is 5.69 Å². The number of aromatic nitrogens is 2. The highest BCUT2D eigenvalue weighted by molar-refractivity contribution is 5.68. The maximum atomic E-state index is 14.5. The summed E-state index contributed by atoms with van der Waals surface area (Å²) in [5.74, 6) is -5.03. The quantitative estimate of drug-likeness (QED) is 0.554. The lowest BCUT2D eigenvalue weighted by atomic mass is 10.2. The fourth-order valence-corrected chi connectivity index (χ4v) is 2.80. The minimum absolute atomic E-state index is 0.0870. The summed E-state index contributed by atoms with van der Waals surface area (Å²) in [4.78, 5) is 35.4. The van der Waals surface area contributed by atoms with Crippen molar-refractivity contribution in [1.29, 1.82) is 0 Å². The zero-order chi connectivity index (χ0) is 24.5. The lowest BCUT2D eigenvalue weighted by Crippen LogP contribution is -2.41. The molecule has 0 fully saturated rings. The summed E-state index contributed by atoms with van der Waals surface area (Å²) in [5, 5.41) is 8.73. The molecule has 8 nitrogen and oxygen atoms in total. The fraction of sp³-hybridized carbons (Fsp3) is 0.150. The van der Waals surface area contributed by atoms with Crippen LogP contribution in [0.2, 0.25) is 0 Å². The lowest BCUT2D eigenvalue weighted by Gasteiger charge is -2.16. The summed E-state index contributed by atoms with van der Waals surface area (Å²) in [6.45, 7) is -0.755. The molecule has 0 atom stereocenters.